The van der Waals surface area contributed by atoms with Crippen molar-refractivity contribution in [1.82, 2.24) is 0 Å². The Balaban J connectivity index is 2.80. The maximum atomic E-state index is 14.1. The summed E-state index contributed by atoms with van der Waals surface area (Å²) in [4.78, 5) is 0. The van der Waals surface area contributed by atoms with Crippen molar-refractivity contribution in [3.63, 3.8) is 0 Å². The molecule has 22 heavy (non-hydrogen) atoms. The molecule has 0 N–H and O–H groups in total. The summed E-state index contributed by atoms with van der Waals surface area (Å²) in [6, 6.07) is 8.10. The predicted octanol–water partition coefficient (Wildman–Crippen LogP) is 5.36. The van der Waals surface area contributed by atoms with Gasteiger partial charge in [0, 0.05) is 5.69 Å². The molecule has 0 fully saturated rings. The second-order valence-corrected chi connectivity index (χ2v) is 10.5. The summed E-state index contributed by atoms with van der Waals surface area (Å²) < 4.78 is 69.7. The van der Waals surface area contributed by atoms with E-state index in [0.717, 1.165) is 0 Å². The summed E-state index contributed by atoms with van der Waals surface area (Å²) in [5.74, 6) is -9.66. The van der Waals surface area contributed by atoms with Gasteiger partial charge in [-0.1, -0.05) is 37.8 Å². The van der Waals surface area contributed by atoms with Crippen LogP contribution in [-0.2, 0) is 0 Å². The van der Waals surface area contributed by atoms with Gasteiger partial charge >= 0.3 is 0 Å². The van der Waals surface area contributed by atoms with Crippen LogP contribution in [0.25, 0.3) is 0 Å². The van der Waals surface area contributed by atoms with E-state index < -0.39 is 43.0 Å². The van der Waals surface area contributed by atoms with Gasteiger partial charge in [0.2, 0.25) is 5.82 Å². The number of halogens is 5. The maximum Gasteiger partial charge on any atom is 0.200 e. The zero-order valence-electron chi connectivity index (χ0n) is 12.2. The first-order valence-corrected chi connectivity index (χ1v) is 9.97. The summed E-state index contributed by atoms with van der Waals surface area (Å²) in [6.45, 7) is 5.24. The van der Waals surface area contributed by atoms with Crippen LogP contribution in [0.5, 0.6) is 0 Å². The monoisotopic (exact) mass is 331 g/mol. The van der Waals surface area contributed by atoms with Gasteiger partial charge in [-0.25, -0.2) is 22.0 Å². The van der Waals surface area contributed by atoms with Crippen molar-refractivity contribution in [3.05, 3.63) is 59.4 Å². The molecule has 0 heterocycles. The fourth-order valence-electron chi connectivity index (χ4n) is 2.22. The summed E-state index contributed by atoms with van der Waals surface area (Å²) in [6.07, 6.45) is 0. The molecule has 0 radical (unpaired) electrons. The molecule has 2 rings (SSSR count). The van der Waals surface area contributed by atoms with Crippen molar-refractivity contribution in [2.75, 3.05) is 4.57 Å². The Morgan fingerprint density at radius 1 is 0.682 bits per heavy atom. The molecule has 7 heteroatoms. The average molecular weight is 331 g/mol. The second-order valence-electron chi connectivity index (χ2n) is 5.76. The lowest BCUT2D eigenvalue weighted by Gasteiger charge is -2.36. The number of hydrogen-bond donors (Lipinski definition) is 0. The number of anilines is 2. The Labute approximate surface area is 126 Å². The summed E-state index contributed by atoms with van der Waals surface area (Å²) in [5.41, 5.74) is -0.522. The largest absolute Gasteiger partial charge is 0.365 e. The first kappa shape index (κ1) is 16.5. The second kappa shape index (κ2) is 5.72. The van der Waals surface area contributed by atoms with Crippen molar-refractivity contribution in [2.45, 2.75) is 19.6 Å². The van der Waals surface area contributed by atoms with Gasteiger partial charge in [-0.2, -0.15) is 0 Å². The SMILES string of the molecule is C[Si](C)(C)N(c1ccccc1)c1c(F)c(F)c(F)c(F)c1F. The van der Waals surface area contributed by atoms with Crippen LogP contribution in [0, 0.1) is 29.1 Å². The molecule has 0 unspecified atom stereocenters. The molecule has 1 nitrogen and oxygen atoms in total. The van der Waals surface area contributed by atoms with E-state index in [2.05, 4.69) is 0 Å². The molecule has 0 spiro atoms. The Morgan fingerprint density at radius 2 is 1.09 bits per heavy atom. The lowest BCUT2D eigenvalue weighted by Crippen LogP contribution is -2.44. The number of benzene rings is 2. The third-order valence-corrected chi connectivity index (χ3v) is 4.92. The first-order valence-electron chi connectivity index (χ1n) is 6.53. The van der Waals surface area contributed by atoms with Gasteiger partial charge < -0.3 is 4.57 Å². The fourth-order valence-corrected chi connectivity index (χ4v) is 4.01. The van der Waals surface area contributed by atoms with Gasteiger partial charge in [0.25, 0.3) is 0 Å². The Bertz CT molecular complexity index is 668. The lowest BCUT2D eigenvalue weighted by molar-refractivity contribution is 0.381. The molecule has 0 bridgehead atoms. The Kier molecular flexibility index (Phi) is 4.28. The molecule has 2 aromatic carbocycles. The molecule has 0 saturated carbocycles. The predicted molar refractivity (Wildman–Crippen MR) is 78.2 cm³/mol. The quantitative estimate of drug-likeness (QED) is 0.317. The Morgan fingerprint density at radius 3 is 1.50 bits per heavy atom. The van der Waals surface area contributed by atoms with Gasteiger partial charge in [0.15, 0.2) is 31.5 Å². The van der Waals surface area contributed by atoms with Crippen LogP contribution in [0.15, 0.2) is 30.3 Å². The first-order chi connectivity index (χ1) is 10.2. The van der Waals surface area contributed by atoms with Crippen molar-refractivity contribution >= 4 is 19.6 Å². The zero-order valence-corrected chi connectivity index (χ0v) is 13.2. The van der Waals surface area contributed by atoms with Crippen LogP contribution in [0.4, 0.5) is 33.3 Å². The van der Waals surface area contributed by atoms with E-state index in [1.54, 1.807) is 50.0 Å². The molecule has 118 valence electrons. The van der Waals surface area contributed by atoms with E-state index in [1.807, 2.05) is 0 Å². The maximum absolute atomic E-state index is 14.1. The highest BCUT2D eigenvalue weighted by Crippen LogP contribution is 2.38. The van der Waals surface area contributed by atoms with Gasteiger partial charge in [0.1, 0.15) is 5.69 Å². The molecule has 2 aromatic rings. The molecule has 0 aliphatic carbocycles. The smallest absolute Gasteiger partial charge is 0.200 e. The molecule has 0 aliphatic rings. The zero-order chi connectivity index (χ0) is 16.7. The minimum atomic E-state index is -2.50. The molecule has 0 saturated heterocycles. The van der Waals surface area contributed by atoms with E-state index >= 15 is 0 Å². The fraction of sp³-hybridized carbons (Fsp3) is 0.200. The normalized spacial score (nSPS) is 11.6. The number of para-hydroxylation sites is 1. The lowest BCUT2D eigenvalue weighted by atomic mass is 10.2. The van der Waals surface area contributed by atoms with Crippen LogP contribution in [-0.4, -0.2) is 8.24 Å². The minimum absolute atomic E-state index is 0.380. The van der Waals surface area contributed by atoms with E-state index in [4.69, 9.17) is 0 Å². The Hall–Kier alpha value is -1.89. The molecular formula is C15H14F5NSi. The number of rotatable bonds is 3. The van der Waals surface area contributed by atoms with Crippen molar-refractivity contribution in [3.8, 4) is 0 Å². The van der Waals surface area contributed by atoms with Crippen LogP contribution < -0.4 is 4.57 Å². The van der Waals surface area contributed by atoms with E-state index in [-0.39, 0.29) is 0 Å². The molecule has 0 amide bonds. The molecular weight excluding hydrogens is 317 g/mol. The highest BCUT2D eigenvalue weighted by atomic mass is 28.3. The van der Waals surface area contributed by atoms with E-state index in [1.165, 1.54) is 4.57 Å². The number of hydrogen-bond acceptors (Lipinski definition) is 1. The average Bonchev–Trinajstić information content (AvgIpc) is 2.47. The van der Waals surface area contributed by atoms with Gasteiger partial charge in [-0.3, -0.25) is 0 Å². The highest BCUT2D eigenvalue weighted by Gasteiger charge is 2.35. The molecule has 0 atom stereocenters. The highest BCUT2D eigenvalue weighted by molar-refractivity contribution is 6.81. The van der Waals surface area contributed by atoms with Crippen LogP contribution in [0.1, 0.15) is 0 Å². The van der Waals surface area contributed by atoms with Gasteiger partial charge in [0.05, 0.1) is 0 Å². The molecule has 0 aromatic heterocycles. The summed E-state index contributed by atoms with van der Waals surface area (Å²) in [5, 5.41) is 0. The molecule has 0 aliphatic heterocycles. The topological polar surface area (TPSA) is 3.24 Å². The minimum Gasteiger partial charge on any atom is -0.365 e. The van der Waals surface area contributed by atoms with Crippen molar-refractivity contribution in [1.29, 1.82) is 0 Å². The van der Waals surface area contributed by atoms with Crippen molar-refractivity contribution < 1.29 is 22.0 Å². The van der Waals surface area contributed by atoms with Crippen molar-refractivity contribution in [2.24, 2.45) is 0 Å². The van der Waals surface area contributed by atoms with Crippen LogP contribution >= 0.6 is 0 Å². The van der Waals surface area contributed by atoms with Crippen LogP contribution in [0.2, 0.25) is 19.6 Å². The van der Waals surface area contributed by atoms with Crippen LogP contribution in [0.3, 0.4) is 0 Å². The van der Waals surface area contributed by atoms with Gasteiger partial charge in [-0.05, 0) is 12.1 Å². The van der Waals surface area contributed by atoms with Gasteiger partial charge in [-0.15, -0.1) is 0 Å². The third-order valence-electron chi connectivity index (χ3n) is 3.10. The van der Waals surface area contributed by atoms with E-state index in [0.29, 0.717) is 5.69 Å². The van der Waals surface area contributed by atoms with E-state index in [9.17, 15) is 22.0 Å². The third kappa shape index (κ3) is 2.72. The number of nitrogens with zero attached hydrogens (tertiary/aromatic N) is 1. The standard InChI is InChI=1S/C15H14F5NSi/c1-22(2,3)21(9-7-5-4-6-8-9)15-13(19)11(17)10(16)12(18)14(15)20/h4-8H,1-3H3. The summed E-state index contributed by atoms with van der Waals surface area (Å²) in [7, 11) is -2.50. The summed E-state index contributed by atoms with van der Waals surface area (Å²) >= 11 is 0.